The number of carbonyl (C=O) groups excluding carboxylic acids is 1. The van der Waals surface area contributed by atoms with Crippen LogP contribution in [0.3, 0.4) is 0 Å². The van der Waals surface area contributed by atoms with E-state index >= 15 is 0 Å². The Kier molecular flexibility index (Phi) is 3.63. The molecular weight excluding hydrogens is 256 g/mol. The zero-order valence-electron chi connectivity index (χ0n) is 12.1. The maximum atomic E-state index is 12.0. The van der Waals surface area contributed by atoms with Gasteiger partial charge in [0.25, 0.3) is 0 Å². The molecule has 0 radical (unpaired) electrons. The predicted octanol–water partition coefficient (Wildman–Crippen LogP) is 4.02. The van der Waals surface area contributed by atoms with Gasteiger partial charge in [0.1, 0.15) is 0 Å². The molecule has 1 heterocycles. The predicted molar refractivity (Wildman–Crippen MR) is 83.3 cm³/mol. The third kappa shape index (κ3) is 2.63. The van der Waals surface area contributed by atoms with Crippen LogP contribution in [0.25, 0.3) is 5.57 Å². The summed E-state index contributed by atoms with van der Waals surface area (Å²) in [5.41, 5.74) is 3.37. The van der Waals surface area contributed by atoms with Crippen LogP contribution in [0, 0.1) is 0 Å². The van der Waals surface area contributed by atoms with Gasteiger partial charge < -0.3 is 4.90 Å². The topological polar surface area (TPSA) is 23.6 Å². The summed E-state index contributed by atoms with van der Waals surface area (Å²) in [6.45, 7) is 6.38. The minimum atomic E-state index is -0.186. The number of hydrogen-bond acceptors (Lipinski definition) is 3. The summed E-state index contributed by atoms with van der Waals surface area (Å²) in [5.74, 6) is 0. The molecule has 0 atom stereocenters. The van der Waals surface area contributed by atoms with E-state index < -0.39 is 0 Å². The van der Waals surface area contributed by atoms with Crippen molar-refractivity contribution in [2.75, 3.05) is 18.4 Å². The Morgan fingerprint density at radius 1 is 1.26 bits per heavy atom. The molecule has 19 heavy (non-hydrogen) atoms. The third-order valence-electron chi connectivity index (χ3n) is 3.18. The SMILES string of the molecule is CC1=CC(C)(C)N(SC(=O)N(C)C)c2ccccc21. The Morgan fingerprint density at radius 3 is 2.53 bits per heavy atom. The van der Waals surface area contributed by atoms with Crippen molar-refractivity contribution < 1.29 is 4.79 Å². The average Bonchev–Trinajstić information content (AvgIpc) is 2.33. The fourth-order valence-corrected chi connectivity index (χ4v) is 3.15. The van der Waals surface area contributed by atoms with Crippen molar-refractivity contribution in [3.05, 3.63) is 35.9 Å². The van der Waals surface area contributed by atoms with E-state index in [0.29, 0.717) is 0 Å². The zero-order valence-corrected chi connectivity index (χ0v) is 12.9. The molecule has 0 fully saturated rings. The number of fused-ring (bicyclic) bond motifs is 1. The summed E-state index contributed by atoms with van der Waals surface area (Å²) in [5, 5.41) is 0.0378. The number of rotatable bonds is 1. The first-order valence-corrected chi connectivity index (χ1v) is 7.08. The molecular formula is C15H20N2OS. The van der Waals surface area contributed by atoms with Gasteiger partial charge in [0.15, 0.2) is 0 Å². The molecule has 0 aliphatic carbocycles. The second-order valence-corrected chi connectivity index (χ2v) is 6.44. The molecule has 3 nitrogen and oxygen atoms in total. The molecule has 1 aliphatic heterocycles. The molecule has 0 saturated carbocycles. The van der Waals surface area contributed by atoms with Crippen molar-refractivity contribution in [2.24, 2.45) is 0 Å². The van der Waals surface area contributed by atoms with E-state index in [-0.39, 0.29) is 10.8 Å². The molecule has 2 rings (SSSR count). The molecule has 0 aromatic heterocycles. The molecule has 4 heteroatoms. The molecule has 102 valence electrons. The van der Waals surface area contributed by atoms with Crippen molar-refractivity contribution in [1.29, 1.82) is 0 Å². The van der Waals surface area contributed by atoms with Crippen LogP contribution in [0.15, 0.2) is 30.3 Å². The van der Waals surface area contributed by atoms with Crippen LogP contribution in [0.4, 0.5) is 10.5 Å². The lowest BCUT2D eigenvalue weighted by Crippen LogP contribution is -2.42. The van der Waals surface area contributed by atoms with E-state index in [2.05, 4.69) is 43.3 Å². The summed E-state index contributed by atoms with van der Waals surface area (Å²) in [7, 11) is 3.55. The molecule has 0 unspecified atom stereocenters. The number of anilines is 1. The van der Waals surface area contributed by atoms with Gasteiger partial charge >= 0.3 is 5.24 Å². The number of carbonyl (C=O) groups is 1. The van der Waals surface area contributed by atoms with Gasteiger partial charge in [-0.3, -0.25) is 9.10 Å². The van der Waals surface area contributed by atoms with E-state index in [4.69, 9.17) is 0 Å². The monoisotopic (exact) mass is 276 g/mol. The van der Waals surface area contributed by atoms with Crippen LogP contribution in [0.1, 0.15) is 26.3 Å². The van der Waals surface area contributed by atoms with E-state index in [1.807, 2.05) is 12.1 Å². The zero-order chi connectivity index (χ0) is 14.2. The molecule has 0 N–H and O–H groups in total. The van der Waals surface area contributed by atoms with Gasteiger partial charge in [0, 0.05) is 19.7 Å². The molecule has 1 aromatic carbocycles. The smallest absolute Gasteiger partial charge is 0.301 e. The number of para-hydroxylation sites is 1. The number of amides is 1. The number of nitrogens with zero attached hydrogens (tertiary/aromatic N) is 2. The van der Waals surface area contributed by atoms with E-state index in [9.17, 15) is 4.79 Å². The highest BCUT2D eigenvalue weighted by molar-refractivity contribution is 8.14. The minimum Gasteiger partial charge on any atom is -0.338 e. The third-order valence-corrected chi connectivity index (χ3v) is 4.55. The van der Waals surface area contributed by atoms with Gasteiger partial charge in [-0.25, -0.2) is 0 Å². The fourth-order valence-electron chi connectivity index (χ4n) is 2.29. The summed E-state index contributed by atoms with van der Waals surface area (Å²) in [6.07, 6.45) is 2.21. The maximum Gasteiger partial charge on any atom is 0.301 e. The Bertz CT molecular complexity index is 535. The van der Waals surface area contributed by atoms with Gasteiger partial charge in [-0.15, -0.1) is 0 Å². The van der Waals surface area contributed by atoms with Crippen LogP contribution in [-0.4, -0.2) is 29.8 Å². The molecule has 0 bridgehead atoms. The van der Waals surface area contributed by atoms with E-state index in [0.717, 1.165) is 5.69 Å². The maximum absolute atomic E-state index is 12.0. The van der Waals surface area contributed by atoms with Crippen molar-refractivity contribution in [3.8, 4) is 0 Å². The largest absolute Gasteiger partial charge is 0.338 e. The second-order valence-electron chi connectivity index (χ2n) is 5.54. The van der Waals surface area contributed by atoms with Crippen LogP contribution in [-0.2, 0) is 0 Å². The summed E-state index contributed by atoms with van der Waals surface area (Å²) < 4.78 is 2.09. The quantitative estimate of drug-likeness (QED) is 0.724. The normalized spacial score (nSPS) is 16.7. The Morgan fingerprint density at radius 2 is 1.89 bits per heavy atom. The Hall–Kier alpha value is -1.42. The van der Waals surface area contributed by atoms with Gasteiger partial charge in [0.05, 0.1) is 23.2 Å². The van der Waals surface area contributed by atoms with Crippen molar-refractivity contribution in [2.45, 2.75) is 26.3 Å². The van der Waals surface area contributed by atoms with E-state index in [1.165, 1.54) is 23.1 Å². The summed E-state index contributed by atoms with van der Waals surface area (Å²) in [6, 6.07) is 8.22. The first-order valence-electron chi connectivity index (χ1n) is 6.31. The van der Waals surface area contributed by atoms with Crippen molar-refractivity contribution in [1.82, 2.24) is 4.90 Å². The summed E-state index contributed by atoms with van der Waals surface area (Å²) >= 11 is 1.26. The lowest BCUT2D eigenvalue weighted by atomic mass is 9.91. The molecule has 1 aromatic rings. The first-order chi connectivity index (χ1) is 8.83. The summed E-state index contributed by atoms with van der Waals surface area (Å²) in [4.78, 5) is 13.6. The Balaban J connectivity index is 2.44. The highest BCUT2D eigenvalue weighted by atomic mass is 32.2. The molecule has 1 aliphatic rings. The lowest BCUT2D eigenvalue weighted by Gasteiger charge is -2.41. The second kappa shape index (κ2) is 4.93. The van der Waals surface area contributed by atoms with Crippen LogP contribution < -0.4 is 4.31 Å². The van der Waals surface area contributed by atoms with Crippen LogP contribution in [0.5, 0.6) is 0 Å². The van der Waals surface area contributed by atoms with Crippen molar-refractivity contribution in [3.63, 3.8) is 0 Å². The fraction of sp³-hybridized carbons (Fsp3) is 0.400. The Labute approximate surface area is 119 Å². The standard InChI is InChI=1S/C15H20N2OS/c1-11-10-15(2,3)17(19-14(18)16(4)5)13-9-7-6-8-12(11)13/h6-10H,1-5H3. The van der Waals surface area contributed by atoms with E-state index in [1.54, 1.807) is 19.0 Å². The van der Waals surface area contributed by atoms with Gasteiger partial charge in [0.2, 0.25) is 0 Å². The first kappa shape index (κ1) is 14.0. The minimum absolute atomic E-state index is 0.0378. The van der Waals surface area contributed by atoms with Gasteiger partial charge in [-0.2, -0.15) is 0 Å². The number of hydrogen-bond donors (Lipinski definition) is 0. The lowest BCUT2D eigenvalue weighted by molar-refractivity contribution is 0.241. The van der Waals surface area contributed by atoms with Crippen LogP contribution >= 0.6 is 11.9 Å². The highest BCUT2D eigenvalue weighted by Gasteiger charge is 2.33. The molecule has 1 amide bonds. The van der Waals surface area contributed by atoms with Gasteiger partial charge in [-0.1, -0.05) is 24.3 Å². The average molecular weight is 276 g/mol. The molecule has 0 saturated heterocycles. The van der Waals surface area contributed by atoms with Gasteiger partial charge in [-0.05, 0) is 32.4 Å². The van der Waals surface area contributed by atoms with Crippen molar-refractivity contribution >= 4 is 28.4 Å². The molecule has 0 spiro atoms. The van der Waals surface area contributed by atoms with Crippen LogP contribution in [0.2, 0.25) is 0 Å². The highest BCUT2D eigenvalue weighted by Crippen LogP contribution is 2.42. The number of benzene rings is 1. The number of allylic oxidation sites excluding steroid dienone is 1.